The van der Waals surface area contributed by atoms with Gasteiger partial charge in [-0.05, 0) is 51.8 Å². The van der Waals surface area contributed by atoms with Crippen molar-refractivity contribution in [2.45, 2.75) is 12.8 Å². The number of nitrogens with zero attached hydrogens (tertiary/aromatic N) is 1. The molecule has 1 aromatic carbocycles. The van der Waals surface area contributed by atoms with Crippen LogP contribution in [0.3, 0.4) is 0 Å². The Balaban J connectivity index is 2.22. The van der Waals surface area contributed by atoms with Gasteiger partial charge in [0.1, 0.15) is 0 Å². The van der Waals surface area contributed by atoms with Crippen molar-refractivity contribution in [3.8, 4) is 0 Å². The predicted octanol–water partition coefficient (Wildman–Crippen LogP) is 2.86. The molecule has 0 aliphatic rings. The van der Waals surface area contributed by atoms with E-state index in [9.17, 15) is 4.79 Å². The normalized spacial score (nSPS) is 10.8. The van der Waals surface area contributed by atoms with Gasteiger partial charge in [-0.1, -0.05) is 23.2 Å². The van der Waals surface area contributed by atoms with Gasteiger partial charge in [-0.2, -0.15) is 0 Å². The summed E-state index contributed by atoms with van der Waals surface area (Å²) in [5.74, 6) is -0.0747. The van der Waals surface area contributed by atoms with E-state index in [2.05, 4.69) is 15.5 Å². The molecule has 1 aromatic rings. The minimum absolute atomic E-state index is 0.0747. The number of hydrogen-bond donors (Lipinski definition) is 2. The van der Waals surface area contributed by atoms with E-state index in [1.54, 1.807) is 18.2 Å². The fraction of sp³-hybridized carbons (Fsp3) is 0.500. The summed E-state index contributed by atoms with van der Waals surface area (Å²) in [6.45, 7) is 2.60. The average molecular weight is 318 g/mol. The molecule has 0 fully saturated rings. The Kier molecular flexibility index (Phi) is 7.92. The topological polar surface area (TPSA) is 44.4 Å². The van der Waals surface area contributed by atoms with Gasteiger partial charge >= 0.3 is 0 Å². The lowest BCUT2D eigenvalue weighted by Gasteiger charge is -2.10. The maximum absolute atomic E-state index is 11.8. The first-order valence-electron chi connectivity index (χ1n) is 6.59. The van der Waals surface area contributed by atoms with E-state index in [0.717, 1.165) is 19.5 Å². The van der Waals surface area contributed by atoms with E-state index in [1.807, 2.05) is 14.1 Å². The van der Waals surface area contributed by atoms with Crippen LogP contribution in [0.25, 0.3) is 0 Å². The Morgan fingerprint density at radius 2 is 2.00 bits per heavy atom. The lowest BCUT2D eigenvalue weighted by molar-refractivity contribution is -0.116. The molecule has 1 rings (SSSR count). The number of anilines is 1. The maximum atomic E-state index is 11.8. The molecular weight excluding hydrogens is 297 g/mol. The van der Waals surface area contributed by atoms with Gasteiger partial charge in [0.05, 0.1) is 10.7 Å². The lowest BCUT2D eigenvalue weighted by atomic mass is 10.3. The quantitative estimate of drug-likeness (QED) is 0.725. The zero-order valence-electron chi connectivity index (χ0n) is 11.9. The number of hydrogen-bond acceptors (Lipinski definition) is 3. The first-order valence-corrected chi connectivity index (χ1v) is 7.35. The van der Waals surface area contributed by atoms with Crippen molar-refractivity contribution in [2.24, 2.45) is 0 Å². The zero-order chi connectivity index (χ0) is 15.0. The lowest BCUT2D eigenvalue weighted by Crippen LogP contribution is -2.25. The molecule has 2 N–H and O–H groups in total. The monoisotopic (exact) mass is 317 g/mol. The third-order valence-corrected chi connectivity index (χ3v) is 3.25. The highest BCUT2D eigenvalue weighted by Gasteiger charge is 2.06. The number of carbonyl (C=O) groups excluding carboxylic acids is 1. The molecule has 0 aliphatic heterocycles. The Bertz CT molecular complexity index is 438. The first-order chi connectivity index (χ1) is 9.49. The minimum atomic E-state index is -0.0747. The highest BCUT2D eigenvalue weighted by atomic mass is 35.5. The zero-order valence-corrected chi connectivity index (χ0v) is 13.4. The van der Waals surface area contributed by atoms with E-state index in [-0.39, 0.29) is 5.91 Å². The van der Waals surface area contributed by atoms with Crippen LogP contribution in [-0.4, -0.2) is 44.5 Å². The molecule has 20 heavy (non-hydrogen) atoms. The summed E-state index contributed by atoms with van der Waals surface area (Å²) >= 11 is 11.8. The summed E-state index contributed by atoms with van der Waals surface area (Å²) < 4.78 is 0. The smallest absolute Gasteiger partial charge is 0.225 e. The Labute approximate surface area is 130 Å². The number of nitrogens with one attached hydrogen (secondary N) is 2. The second kappa shape index (κ2) is 9.19. The highest BCUT2D eigenvalue weighted by Crippen LogP contribution is 2.25. The SMILES string of the molecule is CN(C)CCCNCCC(=O)Nc1cc(Cl)ccc1Cl. The molecule has 0 heterocycles. The van der Waals surface area contributed by atoms with Gasteiger partial charge in [-0.3, -0.25) is 4.79 Å². The van der Waals surface area contributed by atoms with Crippen LogP contribution >= 0.6 is 23.2 Å². The molecule has 0 radical (unpaired) electrons. The molecule has 0 bridgehead atoms. The number of amides is 1. The first kappa shape index (κ1) is 17.2. The molecule has 0 aromatic heterocycles. The minimum Gasteiger partial charge on any atom is -0.325 e. The van der Waals surface area contributed by atoms with Crippen molar-refractivity contribution in [3.05, 3.63) is 28.2 Å². The van der Waals surface area contributed by atoms with Gasteiger partial charge in [0.25, 0.3) is 0 Å². The van der Waals surface area contributed by atoms with Crippen molar-refractivity contribution in [3.63, 3.8) is 0 Å². The van der Waals surface area contributed by atoms with Gasteiger partial charge in [0.2, 0.25) is 5.91 Å². The Morgan fingerprint density at radius 1 is 1.25 bits per heavy atom. The van der Waals surface area contributed by atoms with Crippen LogP contribution < -0.4 is 10.6 Å². The third-order valence-electron chi connectivity index (χ3n) is 2.69. The molecular formula is C14H21Cl2N3O. The summed E-state index contributed by atoms with van der Waals surface area (Å²) in [6, 6.07) is 5.00. The molecule has 0 unspecified atom stereocenters. The van der Waals surface area contributed by atoms with Crippen molar-refractivity contribution in [1.29, 1.82) is 0 Å². The third kappa shape index (κ3) is 7.10. The summed E-state index contributed by atoms with van der Waals surface area (Å²) in [6.07, 6.45) is 1.47. The van der Waals surface area contributed by atoms with Gasteiger partial charge < -0.3 is 15.5 Å². The Morgan fingerprint density at radius 3 is 2.70 bits per heavy atom. The van der Waals surface area contributed by atoms with Gasteiger partial charge in [0, 0.05) is 18.0 Å². The fourth-order valence-corrected chi connectivity index (χ4v) is 1.99. The van der Waals surface area contributed by atoms with Crippen LogP contribution in [0.15, 0.2) is 18.2 Å². The Hall–Kier alpha value is -0.810. The molecule has 0 spiro atoms. The standard InChI is InChI=1S/C14H21Cl2N3O/c1-19(2)9-3-7-17-8-6-14(20)18-13-10-11(15)4-5-12(13)16/h4-5,10,17H,3,6-9H2,1-2H3,(H,18,20). The van der Waals surface area contributed by atoms with Crippen LogP contribution in [0, 0.1) is 0 Å². The summed E-state index contributed by atoms with van der Waals surface area (Å²) in [7, 11) is 4.09. The van der Waals surface area contributed by atoms with Crippen molar-refractivity contribution in [1.82, 2.24) is 10.2 Å². The average Bonchev–Trinajstić information content (AvgIpc) is 2.37. The highest BCUT2D eigenvalue weighted by molar-refractivity contribution is 6.35. The molecule has 112 valence electrons. The maximum Gasteiger partial charge on any atom is 0.225 e. The molecule has 0 saturated carbocycles. The van der Waals surface area contributed by atoms with Crippen LogP contribution in [0.5, 0.6) is 0 Å². The fourth-order valence-electron chi connectivity index (χ4n) is 1.65. The number of rotatable bonds is 8. The molecule has 4 nitrogen and oxygen atoms in total. The van der Waals surface area contributed by atoms with Crippen molar-refractivity contribution in [2.75, 3.05) is 39.0 Å². The van der Waals surface area contributed by atoms with Gasteiger partial charge in [-0.15, -0.1) is 0 Å². The molecule has 0 saturated heterocycles. The van der Waals surface area contributed by atoms with Crippen molar-refractivity contribution < 1.29 is 4.79 Å². The van der Waals surface area contributed by atoms with E-state index in [1.165, 1.54) is 0 Å². The van der Waals surface area contributed by atoms with Gasteiger partial charge in [0.15, 0.2) is 0 Å². The molecule has 0 atom stereocenters. The number of benzene rings is 1. The number of carbonyl (C=O) groups is 1. The van der Waals surface area contributed by atoms with E-state index < -0.39 is 0 Å². The van der Waals surface area contributed by atoms with Crippen molar-refractivity contribution >= 4 is 34.8 Å². The van der Waals surface area contributed by atoms with E-state index >= 15 is 0 Å². The molecule has 6 heteroatoms. The summed E-state index contributed by atoms with van der Waals surface area (Å²) in [5, 5.41) is 7.03. The second-order valence-corrected chi connectivity index (χ2v) is 5.67. The van der Waals surface area contributed by atoms with Crippen LogP contribution in [0.2, 0.25) is 10.0 Å². The molecule has 1 amide bonds. The van der Waals surface area contributed by atoms with Gasteiger partial charge in [-0.25, -0.2) is 0 Å². The van der Waals surface area contributed by atoms with Crippen LogP contribution in [0.4, 0.5) is 5.69 Å². The molecule has 0 aliphatic carbocycles. The van der Waals surface area contributed by atoms with Crippen LogP contribution in [-0.2, 0) is 4.79 Å². The predicted molar refractivity (Wildman–Crippen MR) is 85.7 cm³/mol. The van der Waals surface area contributed by atoms with E-state index in [0.29, 0.717) is 28.7 Å². The largest absolute Gasteiger partial charge is 0.325 e. The second-order valence-electron chi connectivity index (χ2n) is 4.83. The van der Waals surface area contributed by atoms with E-state index in [4.69, 9.17) is 23.2 Å². The number of halogens is 2. The summed E-state index contributed by atoms with van der Waals surface area (Å²) in [5.41, 5.74) is 0.553. The summed E-state index contributed by atoms with van der Waals surface area (Å²) in [4.78, 5) is 13.9. The van der Waals surface area contributed by atoms with Crippen LogP contribution in [0.1, 0.15) is 12.8 Å².